The first-order chi connectivity index (χ1) is 15.5. The van der Waals surface area contributed by atoms with Crippen LogP contribution >= 0.6 is 0 Å². The average molecular weight is 463 g/mol. The van der Waals surface area contributed by atoms with Crippen LogP contribution in [0.5, 0.6) is 5.75 Å². The van der Waals surface area contributed by atoms with Gasteiger partial charge in [0.25, 0.3) is 0 Å². The minimum absolute atomic E-state index is 0.153. The highest BCUT2D eigenvalue weighted by atomic mass is 19.4. The summed E-state index contributed by atoms with van der Waals surface area (Å²) in [4.78, 5) is 13.7. The second kappa shape index (κ2) is 11.0. The van der Waals surface area contributed by atoms with E-state index in [9.17, 15) is 23.1 Å². The van der Waals surface area contributed by atoms with Gasteiger partial charge in [0.05, 0.1) is 6.61 Å². The molecule has 0 aromatic heterocycles. The number of alkyl halides is 3. The SMILES string of the molecule is C=CC(=O)NCc1cc(-c2ccc(OC(F)(F)F)cc2)c(C)c(N(C)/C=C(\C)CC)c1CO. The number of aliphatic hydroxyl groups is 1. The largest absolute Gasteiger partial charge is 0.573 e. The molecule has 0 aliphatic carbocycles. The van der Waals surface area contributed by atoms with Crippen molar-refractivity contribution < 1.29 is 27.8 Å². The highest BCUT2D eigenvalue weighted by Gasteiger charge is 2.31. The summed E-state index contributed by atoms with van der Waals surface area (Å²) in [6.07, 6.45) is -0.790. The first kappa shape index (κ1) is 26.0. The van der Waals surface area contributed by atoms with Crippen molar-refractivity contribution in [3.05, 3.63) is 71.5 Å². The molecule has 2 N–H and O–H groups in total. The molecular formula is C25H29F3N2O3. The zero-order chi connectivity index (χ0) is 24.8. The van der Waals surface area contributed by atoms with Crippen molar-refractivity contribution in [1.82, 2.24) is 5.32 Å². The Hall–Kier alpha value is -3.26. The molecule has 2 aromatic carbocycles. The van der Waals surface area contributed by atoms with Gasteiger partial charge in [-0.3, -0.25) is 4.79 Å². The van der Waals surface area contributed by atoms with Gasteiger partial charge >= 0.3 is 6.36 Å². The maximum atomic E-state index is 12.5. The summed E-state index contributed by atoms with van der Waals surface area (Å²) < 4.78 is 41.5. The Morgan fingerprint density at radius 2 is 1.91 bits per heavy atom. The third-order valence-corrected chi connectivity index (χ3v) is 5.27. The normalized spacial score (nSPS) is 11.8. The van der Waals surface area contributed by atoms with Crippen LogP contribution in [0.4, 0.5) is 18.9 Å². The van der Waals surface area contributed by atoms with E-state index in [4.69, 9.17) is 0 Å². The lowest BCUT2D eigenvalue weighted by Crippen LogP contribution is -2.22. The molecule has 2 rings (SSSR count). The van der Waals surface area contributed by atoms with Gasteiger partial charge in [-0.1, -0.05) is 31.2 Å². The number of hydrogen-bond acceptors (Lipinski definition) is 4. The van der Waals surface area contributed by atoms with Crippen LogP contribution in [0.1, 0.15) is 37.0 Å². The Morgan fingerprint density at radius 3 is 2.42 bits per heavy atom. The first-order valence-electron chi connectivity index (χ1n) is 10.4. The van der Waals surface area contributed by atoms with E-state index in [-0.39, 0.29) is 24.8 Å². The van der Waals surface area contributed by atoms with Gasteiger partial charge in [0, 0.05) is 31.0 Å². The number of carbonyl (C=O) groups excluding carboxylic acids is 1. The minimum Gasteiger partial charge on any atom is -0.406 e. The zero-order valence-corrected chi connectivity index (χ0v) is 19.2. The number of halogens is 3. The van der Waals surface area contributed by atoms with Crippen molar-refractivity contribution in [1.29, 1.82) is 0 Å². The number of amides is 1. The molecule has 33 heavy (non-hydrogen) atoms. The number of nitrogens with one attached hydrogen (secondary N) is 1. The predicted molar refractivity (Wildman–Crippen MR) is 124 cm³/mol. The maximum absolute atomic E-state index is 12.5. The molecule has 1 amide bonds. The topological polar surface area (TPSA) is 61.8 Å². The van der Waals surface area contributed by atoms with Gasteiger partial charge < -0.3 is 20.1 Å². The van der Waals surface area contributed by atoms with Gasteiger partial charge in [-0.2, -0.15) is 0 Å². The van der Waals surface area contributed by atoms with Gasteiger partial charge in [-0.25, -0.2) is 0 Å². The van der Waals surface area contributed by atoms with Crippen LogP contribution < -0.4 is 15.0 Å². The van der Waals surface area contributed by atoms with E-state index >= 15 is 0 Å². The smallest absolute Gasteiger partial charge is 0.406 e. The van der Waals surface area contributed by atoms with Gasteiger partial charge in [0.2, 0.25) is 5.91 Å². The fourth-order valence-corrected chi connectivity index (χ4v) is 3.56. The van der Waals surface area contributed by atoms with E-state index < -0.39 is 6.36 Å². The van der Waals surface area contributed by atoms with Crippen molar-refractivity contribution in [2.45, 2.75) is 46.7 Å². The zero-order valence-electron chi connectivity index (χ0n) is 19.2. The van der Waals surface area contributed by atoms with E-state index in [1.165, 1.54) is 12.1 Å². The summed E-state index contributed by atoms with van der Waals surface area (Å²) in [5.41, 5.74) is 5.51. The molecule has 0 radical (unpaired) electrons. The Morgan fingerprint density at radius 1 is 1.27 bits per heavy atom. The molecule has 0 saturated carbocycles. The number of ether oxygens (including phenoxy) is 1. The summed E-state index contributed by atoms with van der Waals surface area (Å²) in [5, 5.41) is 12.9. The van der Waals surface area contributed by atoms with Gasteiger partial charge in [-0.05, 0) is 66.8 Å². The Kier molecular flexibility index (Phi) is 8.70. The lowest BCUT2D eigenvalue weighted by Gasteiger charge is -2.26. The molecule has 2 aromatic rings. The molecule has 5 nitrogen and oxygen atoms in total. The standard InChI is InChI=1S/C25H29F3N2O3/c1-6-16(3)14-30(5)24-17(4)21(12-19(22(24)15-31)13-29-23(32)7-2)18-8-10-20(11-9-18)33-25(26,27)28/h7-12,14,31H,2,6,13,15H2,1,3-5H3,(H,29,32)/b16-14+. The van der Waals surface area contributed by atoms with Crippen LogP contribution in [0.15, 0.2) is 54.8 Å². The van der Waals surface area contributed by atoms with Crippen molar-refractivity contribution in [3.63, 3.8) is 0 Å². The third-order valence-electron chi connectivity index (χ3n) is 5.27. The number of nitrogens with zero attached hydrogens (tertiary/aromatic N) is 1. The molecule has 0 atom stereocenters. The molecular weight excluding hydrogens is 433 g/mol. The molecule has 0 spiro atoms. The molecule has 0 aliphatic rings. The van der Waals surface area contributed by atoms with Gasteiger partial charge in [0.1, 0.15) is 5.75 Å². The molecule has 0 saturated heterocycles. The van der Waals surface area contributed by atoms with Crippen LogP contribution in [0.25, 0.3) is 11.1 Å². The van der Waals surface area contributed by atoms with Crippen LogP contribution in [-0.4, -0.2) is 24.4 Å². The second-order valence-corrected chi connectivity index (χ2v) is 7.63. The summed E-state index contributed by atoms with van der Waals surface area (Å²) in [6.45, 7) is 9.28. The molecule has 0 heterocycles. The molecule has 0 bridgehead atoms. The van der Waals surface area contributed by atoms with E-state index in [1.807, 2.05) is 45.0 Å². The van der Waals surface area contributed by atoms with E-state index in [2.05, 4.69) is 16.6 Å². The van der Waals surface area contributed by atoms with Gasteiger partial charge in [0.15, 0.2) is 0 Å². The monoisotopic (exact) mass is 462 g/mol. The summed E-state index contributed by atoms with van der Waals surface area (Å²) >= 11 is 0. The molecule has 0 unspecified atom stereocenters. The first-order valence-corrected chi connectivity index (χ1v) is 10.4. The number of aliphatic hydroxyl groups excluding tert-OH is 1. The van der Waals surface area contributed by atoms with Gasteiger partial charge in [-0.15, -0.1) is 13.2 Å². The molecule has 8 heteroatoms. The summed E-state index contributed by atoms with van der Waals surface area (Å²) in [7, 11) is 1.87. The van der Waals surface area contributed by atoms with Crippen molar-refractivity contribution in [2.75, 3.05) is 11.9 Å². The van der Waals surface area contributed by atoms with Crippen LogP contribution in [-0.2, 0) is 17.9 Å². The fraction of sp³-hybridized carbons (Fsp3) is 0.320. The second-order valence-electron chi connectivity index (χ2n) is 7.63. The van der Waals surface area contributed by atoms with Crippen molar-refractivity contribution in [3.8, 4) is 16.9 Å². The highest BCUT2D eigenvalue weighted by Crippen LogP contribution is 2.37. The van der Waals surface area contributed by atoms with Crippen LogP contribution in [0, 0.1) is 6.92 Å². The summed E-state index contributed by atoms with van der Waals surface area (Å²) in [5.74, 6) is -0.667. The van der Waals surface area contributed by atoms with E-state index in [1.54, 1.807) is 12.1 Å². The minimum atomic E-state index is -4.77. The lowest BCUT2D eigenvalue weighted by molar-refractivity contribution is -0.274. The van der Waals surface area contributed by atoms with Crippen molar-refractivity contribution in [2.24, 2.45) is 0 Å². The number of hydrogen-bond donors (Lipinski definition) is 2. The third kappa shape index (κ3) is 6.86. The van der Waals surface area contributed by atoms with E-state index in [0.29, 0.717) is 16.7 Å². The maximum Gasteiger partial charge on any atom is 0.573 e. The average Bonchev–Trinajstić information content (AvgIpc) is 2.76. The molecule has 178 valence electrons. The Bertz CT molecular complexity index is 1030. The Balaban J connectivity index is 2.65. The lowest BCUT2D eigenvalue weighted by atomic mass is 9.91. The van der Waals surface area contributed by atoms with Crippen LogP contribution in [0.3, 0.4) is 0 Å². The number of anilines is 1. The number of benzene rings is 2. The van der Waals surface area contributed by atoms with Crippen LogP contribution in [0.2, 0.25) is 0 Å². The fourth-order valence-electron chi connectivity index (χ4n) is 3.56. The molecule has 0 fully saturated rings. The van der Waals surface area contributed by atoms with Crippen molar-refractivity contribution >= 4 is 11.6 Å². The summed E-state index contributed by atoms with van der Waals surface area (Å²) in [6, 6.07) is 7.44. The van der Waals surface area contributed by atoms with E-state index in [0.717, 1.165) is 34.9 Å². The highest BCUT2D eigenvalue weighted by molar-refractivity contribution is 5.87. The number of allylic oxidation sites excluding steroid dienone is 1. The number of carbonyl (C=O) groups is 1. The predicted octanol–water partition coefficient (Wildman–Crippen LogP) is 5.61. The molecule has 0 aliphatic heterocycles. The quantitative estimate of drug-likeness (QED) is 0.476. The number of rotatable bonds is 9. The Labute approximate surface area is 192 Å².